The smallest absolute Gasteiger partial charge is 0.354 e. The van der Waals surface area contributed by atoms with Crippen LogP contribution in [0.5, 0.6) is 0 Å². The number of methoxy groups -OCH3 is 1. The molecule has 2 aromatic carbocycles. The van der Waals surface area contributed by atoms with E-state index in [1.165, 1.54) is 18.2 Å². The third-order valence-electron chi connectivity index (χ3n) is 4.06. The summed E-state index contributed by atoms with van der Waals surface area (Å²) in [6.07, 6.45) is 2.19. The molecule has 0 spiro atoms. The van der Waals surface area contributed by atoms with E-state index >= 15 is 0 Å². The highest BCUT2D eigenvalue weighted by Gasteiger charge is 2.17. The van der Waals surface area contributed by atoms with Gasteiger partial charge in [-0.1, -0.05) is 60.7 Å². The van der Waals surface area contributed by atoms with Crippen LogP contribution in [-0.2, 0) is 27.4 Å². The molecule has 136 valence electrons. The molecule has 0 aliphatic heterocycles. The van der Waals surface area contributed by atoms with Crippen molar-refractivity contribution in [3.05, 3.63) is 83.6 Å². The van der Waals surface area contributed by atoms with E-state index < -0.39 is 5.97 Å². The summed E-state index contributed by atoms with van der Waals surface area (Å²) in [4.78, 5) is 24.9. The Kier molecular flexibility index (Phi) is 7.58. The van der Waals surface area contributed by atoms with Crippen molar-refractivity contribution in [3.8, 4) is 0 Å². The maximum atomic E-state index is 11.8. The van der Waals surface area contributed by atoms with Crippen LogP contribution in [0.4, 0.5) is 0 Å². The first-order valence-corrected chi connectivity index (χ1v) is 8.46. The predicted octanol–water partition coefficient (Wildman–Crippen LogP) is 2.88. The third kappa shape index (κ3) is 5.86. The molecule has 0 radical (unpaired) electrons. The lowest BCUT2D eigenvalue weighted by Gasteiger charge is -2.28. The molecular formula is C21H24N2O3. The quantitative estimate of drug-likeness (QED) is 0.428. The Balaban J connectivity index is 2.25. The number of hydrogen-bond acceptors (Lipinski definition) is 4. The van der Waals surface area contributed by atoms with Gasteiger partial charge in [-0.25, -0.2) is 4.79 Å². The van der Waals surface area contributed by atoms with Crippen molar-refractivity contribution in [2.24, 2.45) is 0 Å². The Bertz CT molecular complexity index is 688. The molecule has 0 bridgehead atoms. The van der Waals surface area contributed by atoms with Crippen LogP contribution in [0.1, 0.15) is 18.1 Å². The third-order valence-corrected chi connectivity index (χ3v) is 4.06. The van der Waals surface area contributed by atoms with Gasteiger partial charge < -0.3 is 10.1 Å². The fourth-order valence-electron chi connectivity index (χ4n) is 2.67. The molecule has 1 N–H and O–H groups in total. The summed E-state index contributed by atoms with van der Waals surface area (Å²) in [6.45, 7) is 3.41. The van der Waals surface area contributed by atoms with Gasteiger partial charge in [0.1, 0.15) is 5.70 Å². The molecule has 0 fully saturated rings. The van der Waals surface area contributed by atoms with Crippen LogP contribution in [0.3, 0.4) is 0 Å². The number of nitrogens with one attached hydrogen (secondary N) is 1. The van der Waals surface area contributed by atoms with E-state index in [0.717, 1.165) is 0 Å². The Hall–Kier alpha value is -2.92. The van der Waals surface area contributed by atoms with Crippen LogP contribution < -0.4 is 5.32 Å². The Morgan fingerprint density at radius 1 is 1.04 bits per heavy atom. The number of rotatable bonds is 9. The zero-order valence-electron chi connectivity index (χ0n) is 15.1. The number of hydrogen-bond donors (Lipinski definition) is 1. The minimum atomic E-state index is -0.566. The van der Waals surface area contributed by atoms with Crippen molar-refractivity contribution >= 4 is 12.4 Å². The van der Waals surface area contributed by atoms with Crippen molar-refractivity contribution in [1.82, 2.24) is 10.2 Å². The zero-order valence-corrected chi connectivity index (χ0v) is 15.1. The largest absolute Gasteiger partial charge is 0.464 e. The minimum absolute atomic E-state index is 0.100. The summed E-state index contributed by atoms with van der Waals surface area (Å²) >= 11 is 0. The number of benzene rings is 2. The molecule has 0 aromatic heterocycles. The van der Waals surface area contributed by atoms with Gasteiger partial charge in [-0.15, -0.1) is 0 Å². The lowest BCUT2D eigenvalue weighted by Crippen LogP contribution is -2.33. The van der Waals surface area contributed by atoms with E-state index in [0.29, 0.717) is 19.5 Å². The summed E-state index contributed by atoms with van der Waals surface area (Å²) in [5.41, 5.74) is 2.49. The maximum Gasteiger partial charge on any atom is 0.354 e. The van der Waals surface area contributed by atoms with Crippen LogP contribution in [0.25, 0.3) is 0 Å². The van der Waals surface area contributed by atoms with Gasteiger partial charge in [-0.05, 0) is 24.1 Å². The average molecular weight is 352 g/mol. The van der Waals surface area contributed by atoms with Crippen molar-refractivity contribution < 1.29 is 14.3 Å². The Morgan fingerprint density at radius 2 is 1.54 bits per heavy atom. The van der Waals surface area contributed by atoms with Gasteiger partial charge in [0.15, 0.2) is 0 Å². The molecule has 0 unspecified atom stereocenters. The second-order valence-electron chi connectivity index (χ2n) is 5.95. The standard InChI is InChI=1S/C21H24N2O3/c1-17(13-20(22-16-24)21(25)26-2)23(14-18-9-5-3-6-10-18)15-19-11-7-4-8-12-19/h3-13,16-17H,14-15H2,1-2H3,(H,22,24)/b20-13-/t17-/m1/s1. The summed E-state index contributed by atoms with van der Waals surface area (Å²) in [5.74, 6) is -0.566. The highest BCUT2D eigenvalue weighted by molar-refractivity contribution is 5.90. The number of amides is 1. The van der Waals surface area contributed by atoms with E-state index in [-0.39, 0.29) is 11.7 Å². The normalized spacial score (nSPS) is 12.5. The summed E-state index contributed by atoms with van der Waals surface area (Å²) in [6, 6.07) is 20.2. The lowest BCUT2D eigenvalue weighted by molar-refractivity contribution is -0.137. The van der Waals surface area contributed by atoms with Crippen molar-refractivity contribution in [2.45, 2.75) is 26.1 Å². The van der Waals surface area contributed by atoms with E-state index in [2.05, 4.69) is 34.5 Å². The van der Waals surface area contributed by atoms with Crippen LogP contribution in [0.15, 0.2) is 72.4 Å². The van der Waals surface area contributed by atoms with E-state index in [1.54, 1.807) is 6.08 Å². The molecule has 0 saturated carbocycles. The first-order chi connectivity index (χ1) is 12.6. The number of carbonyl (C=O) groups excluding carboxylic acids is 2. The lowest BCUT2D eigenvalue weighted by atomic mass is 10.1. The fraction of sp³-hybridized carbons (Fsp3) is 0.238. The fourth-order valence-corrected chi connectivity index (χ4v) is 2.67. The van der Waals surface area contributed by atoms with Gasteiger partial charge in [-0.3, -0.25) is 9.69 Å². The summed E-state index contributed by atoms with van der Waals surface area (Å²) in [7, 11) is 1.29. The first kappa shape index (κ1) is 19.4. The van der Waals surface area contributed by atoms with Crippen LogP contribution in [-0.4, -0.2) is 30.4 Å². The second kappa shape index (κ2) is 10.2. The molecule has 0 aliphatic carbocycles. The molecule has 5 heteroatoms. The molecule has 0 aliphatic rings. The topological polar surface area (TPSA) is 58.6 Å². The molecule has 2 rings (SSSR count). The molecule has 5 nitrogen and oxygen atoms in total. The molecule has 0 heterocycles. The maximum absolute atomic E-state index is 11.8. The van der Waals surface area contributed by atoms with Crippen LogP contribution >= 0.6 is 0 Å². The molecule has 26 heavy (non-hydrogen) atoms. The molecule has 1 amide bonds. The van der Waals surface area contributed by atoms with Crippen LogP contribution in [0.2, 0.25) is 0 Å². The van der Waals surface area contributed by atoms with E-state index in [9.17, 15) is 9.59 Å². The number of ether oxygens (including phenoxy) is 1. The molecular weight excluding hydrogens is 328 g/mol. The number of nitrogens with zero attached hydrogens (tertiary/aromatic N) is 1. The monoisotopic (exact) mass is 352 g/mol. The second-order valence-corrected chi connectivity index (χ2v) is 5.95. The number of esters is 1. The van der Waals surface area contributed by atoms with E-state index in [4.69, 9.17) is 4.74 Å². The van der Waals surface area contributed by atoms with Gasteiger partial charge in [0.2, 0.25) is 6.41 Å². The van der Waals surface area contributed by atoms with Gasteiger partial charge >= 0.3 is 5.97 Å². The summed E-state index contributed by atoms with van der Waals surface area (Å²) < 4.78 is 4.73. The van der Waals surface area contributed by atoms with Gasteiger partial charge in [0.05, 0.1) is 7.11 Å². The van der Waals surface area contributed by atoms with Gasteiger partial charge in [0, 0.05) is 19.1 Å². The zero-order chi connectivity index (χ0) is 18.8. The van der Waals surface area contributed by atoms with Gasteiger partial charge in [-0.2, -0.15) is 0 Å². The Morgan fingerprint density at radius 3 is 1.96 bits per heavy atom. The number of carbonyl (C=O) groups is 2. The predicted molar refractivity (Wildman–Crippen MR) is 101 cm³/mol. The summed E-state index contributed by atoms with van der Waals surface area (Å²) in [5, 5.41) is 2.43. The average Bonchev–Trinajstić information content (AvgIpc) is 2.68. The SMILES string of the molecule is COC(=O)/C(=C/[C@@H](C)N(Cc1ccccc1)Cc1ccccc1)NC=O. The van der Waals surface area contributed by atoms with E-state index in [1.807, 2.05) is 43.3 Å². The highest BCUT2D eigenvalue weighted by atomic mass is 16.5. The molecule has 1 atom stereocenters. The van der Waals surface area contributed by atoms with Gasteiger partial charge in [0.25, 0.3) is 0 Å². The molecule has 0 saturated heterocycles. The first-order valence-electron chi connectivity index (χ1n) is 8.46. The van der Waals surface area contributed by atoms with Crippen molar-refractivity contribution in [1.29, 1.82) is 0 Å². The highest BCUT2D eigenvalue weighted by Crippen LogP contribution is 2.15. The minimum Gasteiger partial charge on any atom is -0.464 e. The van der Waals surface area contributed by atoms with Crippen LogP contribution in [0, 0.1) is 0 Å². The van der Waals surface area contributed by atoms with Crippen molar-refractivity contribution in [2.75, 3.05) is 7.11 Å². The van der Waals surface area contributed by atoms with Crippen molar-refractivity contribution in [3.63, 3.8) is 0 Å². The Labute approximate surface area is 154 Å². The molecule has 2 aromatic rings.